The Morgan fingerprint density at radius 1 is 1.30 bits per heavy atom. The molecule has 0 unspecified atom stereocenters. The van der Waals surface area contributed by atoms with Crippen LogP contribution in [0.25, 0.3) is 10.2 Å². The van der Waals surface area contributed by atoms with Gasteiger partial charge in [0.25, 0.3) is 0 Å². The molecule has 6 heteroatoms. The van der Waals surface area contributed by atoms with Crippen LogP contribution in [0.2, 0.25) is 0 Å². The number of halogens is 1. The van der Waals surface area contributed by atoms with E-state index in [2.05, 4.69) is 16.4 Å². The number of hydrogen-bond acceptors (Lipinski definition) is 3. The number of thiocarbonyl (C=S) groups is 1. The third-order valence-electron chi connectivity index (χ3n) is 3.48. The summed E-state index contributed by atoms with van der Waals surface area (Å²) in [4.78, 5) is 6.49. The lowest BCUT2D eigenvalue weighted by Crippen LogP contribution is -2.30. The number of anilines is 1. The maximum Gasteiger partial charge on any atom is 0.173 e. The zero-order valence-electron chi connectivity index (χ0n) is 12.8. The molecule has 0 saturated carbocycles. The fourth-order valence-corrected chi connectivity index (χ4v) is 3.36. The summed E-state index contributed by atoms with van der Waals surface area (Å²) in [6.45, 7) is 2.34. The Morgan fingerprint density at radius 2 is 2.09 bits per heavy atom. The molecule has 0 atom stereocenters. The van der Waals surface area contributed by atoms with Gasteiger partial charge >= 0.3 is 0 Å². The molecule has 118 valence electrons. The van der Waals surface area contributed by atoms with E-state index in [9.17, 15) is 4.39 Å². The first-order chi connectivity index (χ1) is 11.0. The number of para-hydroxylation sites is 1. The summed E-state index contributed by atoms with van der Waals surface area (Å²) in [5.41, 5.74) is 2.26. The number of aromatic nitrogens is 1. The Labute approximate surface area is 143 Å². The number of thiazole rings is 1. The zero-order valence-corrected chi connectivity index (χ0v) is 14.5. The van der Waals surface area contributed by atoms with E-state index < -0.39 is 0 Å². The van der Waals surface area contributed by atoms with Crippen molar-refractivity contribution in [3.63, 3.8) is 0 Å². The van der Waals surface area contributed by atoms with Gasteiger partial charge in [-0.05, 0) is 49.0 Å². The second-order valence-electron chi connectivity index (χ2n) is 5.33. The van der Waals surface area contributed by atoms with Gasteiger partial charge in [-0.15, -0.1) is 11.3 Å². The predicted octanol–water partition coefficient (Wildman–Crippen LogP) is 4.57. The van der Waals surface area contributed by atoms with Crippen molar-refractivity contribution in [2.75, 3.05) is 12.4 Å². The van der Waals surface area contributed by atoms with Crippen LogP contribution >= 0.6 is 23.6 Å². The molecular formula is C17H16FN3S2. The second kappa shape index (κ2) is 6.60. The molecule has 0 fully saturated rings. The largest absolute Gasteiger partial charge is 0.345 e. The van der Waals surface area contributed by atoms with Crippen LogP contribution in [0.1, 0.15) is 10.6 Å². The number of aryl methyl sites for hydroxylation is 1. The summed E-state index contributed by atoms with van der Waals surface area (Å²) in [6, 6.07) is 13.0. The lowest BCUT2D eigenvalue weighted by atomic mass is 10.2. The SMILES string of the molecule is Cc1ccc(NC(=S)N(C)Cc2nc3ccccc3s2)cc1F. The highest BCUT2D eigenvalue weighted by Crippen LogP contribution is 2.22. The summed E-state index contributed by atoms with van der Waals surface area (Å²) in [7, 11) is 1.89. The molecule has 0 aliphatic carbocycles. The maximum atomic E-state index is 13.6. The molecular weight excluding hydrogens is 329 g/mol. The first kappa shape index (κ1) is 15.8. The number of nitrogens with one attached hydrogen (secondary N) is 1. The molecule has 0 amide bonds. The lowest BCUT2D eigenvalue weighted by Gasteiger charge is -2.20. The highest BCUT2D eigenvalue weighted by Gasteiger charge is 2.10. The molecule has 0 aliphatic heterocycles. The van der Waals surface area contributed by atoms with Crippen LogP contribution in [-0.4, -0.2) is 22.0 Å². The Morgan fingerprint density at radius 3 is 2.83 bits per heavy atom. The van der Waals surface area contributed by atoms with E-state index >= 15 is 0 Å². The minimum atomic E-state index is -0.244. The first-order valence-electron chi connectivity index (χ1n) is 7.15. The maximum absolute atomic E-state index is 13.6. The molecule has 0 radical (unpaired) electrons. The van der Waals surface area contributed by atoms with Crippen LogP contribution in [0.3, 0.4) is 0 Å². The minimum absolute atomic E-state index is 0.244. The van der Waals surface area contributed by atoms with Crippen molar-refractivity contribution < 1.29 is 4.39 Å². The van der Waals surface area contributed by atoms with E-state index in [1.807, 2.05) is 36.2 Å². The number of hydrogen-bond donors (Lipinski definition) is 1. The molecule has 1 N–H and O–H groups in total. The van der Waals surface area contributed by atoms with Crippen LogP contribution < -0.4 is 5.32 Å². The van der Waals surface area contributed by atoms with Gasteiger partial charge < -0.3 is 10.2 Å². The van der Waals surface area contributed by atoms with E-state index in [1.165, 1.54) is 6.07 Å². The molecule has 0 saturated heterocycles. The van der Waals surface area contributed by atoms with Crippen molar-refractivity contribution >= 4 is 44.6 Å². The van der Waals surface area contributed by atoms with Gasteiger partial charge in [0.1, 0.15) is 10.8 Å². The number of benzene rings is 2. The average molecular weight is 345 g/mol. The molecule has 1 aromatic heterocycles. The van der Waals surface area contributed by atoms with Gasteiger partial charge in [0.15, 0.2) is 5.11 Å². The van der Waals surface area contributed by atoms with E-state index in [4.69, 9.17) is 12.2 Å². The van der Waals surface area contributed by atoms with E-state index in [1.54, 1.807) is 24.3 Å². The van der Waals surface area contributed by atoms with E-state index in [0.29, 0.717) is 22.9 Å². The monoisotopic (exact) mass is 345 g/mol. The Kier molecular flexibility index (Phi) is 4.54. The van der Waals surface area contributed by atoms with Crippen LogP contribution in [0.5, 0.6) is 0 Å². The van der Waals surface area contributed by atoms with Gasteiger partial charge in [-0.25, -0.2) is 9.37 Å². The van der Waals surface area contributed by atoms with Gasteiger partial charge in [-0.1, -0.05) is 18.2 Å². The van der Waals surface area contributed by atoms with Gasteiger partial charge in [-0.3, -0.25) is 0 Å². The number of rotatable bonds is 3. The lowest BCUT2D eigenvalue weighted by molar-refractivity contribution is 0.507. The third kappa shape index (κ3) is 3.65. The molecule has 3 rings (SSSR count). The van der Waals surface area contributed by atoms with Crippen molar-refractivity contribution in [2.45, 2.75) is 13.5 Å². The normalized spacial score (nSPS) is 10.7. The smallest absolute Gasteiger partial charge is 0.173 e. The van der Waals surface area contributed by atoms with Crippen molar-refractivity contribution in [3.8, 4) is 0 Å². The standard InChI is InChI=1S/C17H16FN3S2/c1-11-7-8-12(9-13(11)18)19-17(22)21(2)10-16-20-14-5-3-4-6-15(14)23-16/h3-9H,10H2,1-2H3,(H,19,22). The third-order valence-corrected chi connectivity index (χ3v) is 4.92. The fraction of sp³-hybridized carbons (Fsp3) is 0.176. The van der Waals surface area contributed by atoms with Gasteiger partial charge in [0.2, 0.25) is 0 Å². The van der Waals surface area contributed by atoms with Crippen molar-refractivity contribution in [1.82, 2.24) is 9.88 Å². The van der Waals surface area contributed by atoms with Crippen LogP contribution in [0, 0.1) is 12.7 Å². The quantitative estimate of drug-likeness (QED) is 0.704. The highest BCUT2D eigenvalue weighted by atomic mass is 32.1. The topological polar surface area (TPSA) is 28.2 Å². The second-order valence-corrected chi connectivity index (χ2v) is 6.83. The van der Waals surface area contributed by atoms with Crippen molar-refractivity contribution in [1.29, 1.82) is 0 Å². The Hall–Kier alpha value is -2.05. The highest BCUT2D eigenvalue weighted by molar-refractivity contribution is 7.80. The Balaban J connectivity index is 1.68. The van der Waals surface area contributed by atoms with E-state index in [-0.39, 0.29) is 5.82 Å². The van der Waals surface area contributed by atoms with Crippen LogP contribution in [0.4, 0.5) is 10.1 Å². The summed E-state index contributed by atoms with van der Waals surface area (Å²) in [6.07, 6.45) is 0. The molecule has 23 heavy (non-hydrogen) atoms. The van der Waals surface area contributed by atoms with E-state index in [0.717, 1.165) is 15.2 Å². The molecule has 3 aromatic rings. The van der Waals surface area contributed by atoms with Crippen molar-refractivity contribution in [3.05, 3.63) is 58.9 Å². The molecule has 0 aliphatic rings. The summed E-state index contributed by atoms with van der Waals surface area (Å²) < 4.78 is 14.8. The van der Waals surface area contributed by atoms with Crippen LogP contribution in [0.15, 0.2) is 42.5 Å². The average Bonchev–Trinajstić information content (AvgIpc) is 2.93. The van der Waals surface area contributed by atoms with Gasteiger partial charge in [0.05, 0.1) is 16.8 Å². The van der Waals surface area contributed by atoms with Crippen molar-refractivity contribution in [2.24, 2.45) is 0 Å². The molecule has 2 aromatic carbocycles. The first-order valence-corrected chi connectivity index (χ1v) is 8.38. The molecule has 3 nitrogen and oxygen atoms in total. The van der Waals surface area contributed by atoms with Gasteiger partial charge in [-0.2, -0.15) is 0 Å². The molecule has 0 spiro atoms. The summed E-state index contributed by atoms with van der Waals surface area (Å²) in [5, 5.41) is 4.59. The zero-order chi connectivity index (χ0) is 16.4. The summed E-state index contributed by atoms with van der Waals surface area (Å²) >= 11 is 7.04. The molecule has 1 heterocycles. The Bertz CT molecular complexity index is 827. The van der Waals surface area contributed by atoms with Crippen LogP contribution in [-0.2, 0) is 6.54 Å². The summed E-state index contributed by atoms with van der Waals surface area (Å²) in [5.74, 6) is -0.244. The predicted molar refractivity (Wildman–Crippen MR) is 98.4 cm³/mol. The minimum Gasteiger partial charge on any atom is -0.345 e. The molecule has 0 bridgehead atoms. The van der Waals surface area contributed by atoms with Gasteiger partial charge in [0, 0.05) is 12.7 Å². The fourth-order valence-electron chi connectivity index (χ4n) is 2.15. The number of fused-ring (bicyclic) bond motifs is 1. The number of nitrogens with zero attached hydrogens (tertiary/aromatic N) is 2.